The molecular weight excluding hydrogens is 204 g/mol. The van der Waals surface area contributed by atoms with Crippen LogP contribution in [0.1, 0.15) is 27.2 Å². The number of hydrogen-bond acceptors (Lipinski definition) is 6. The molecule has 15 heavy (non-hydrogen) atoms. The summed E-state index contributed by atoms with van der Waals surface area (Å²) < 4.78 is 0. The molecule has 0 unspecified atom stereocenters. The van der Waals surface area contributed by atoms with E-state index in [-0.39, 0.29) is 5.57 Å². The quantitative estimate of drug-likeness (QED) is 0.420. The first-order valence-electron chi connectivity index (χ1n) is 4.32. The zero-order valence-electron chi connectivity index (χ0n) is 8.81. The van der Waals surface area contributed by atoms with Gasteiger partial charge in [0.05, 0.1) is 5.57 Å². The summed E-state index contributed by atoms with van der Waals surface area (Å²) in [6, 6.07) is 0. The second-order valence-corrected chi connectivity index (χ2v) is 3.58. The average molecular weight is 218 g/mol. The van der Waals surface area contributed by atoms with Crippen LogP contribution in [0.25, 0.3) is 0 Å². The van der Waals surface area contributed by atoms with Crippen molar-refractivity contribution >= 4 is 11.9 Å². The summed E-state index contributed by atoms with van der Waals surface area (Å²) in [5, 5.41) is 16.3. The lowest BCUT2D eigenvalue weighted by molar-refractivity contribution is -0.232. The summed E-state index contributed by atoms with van der Waals surface area (Å²) in [6.07, 6.45) is 1.31. The van der Waals surface area contributed by atoms with E-state index in [1.165, 1.54) is 0 Å². The van der Waals surface area contributed by atoms with E-state index in [2.05, 4.69) is 9.78 Å². The van der Waals surface area contributed by atoms with E-state index in [0.717, 1.165) is 6.08 Å². The van der Waals surface area contributed by atoms with Gasteiger partial charge in [0.15, 0.2) is 0 Å². The van der Waals surface area contributed by atoms with Crippen LogP contribution in [0, 0.1) is 5.41 Å². The Hall–Kier alpha value is -1.40. The normalized spacial score (nSPS) is 12.2. The first-order valence-corrected chi connectivity index (χ1v) is 4.32. The van der Waals surface area contributed by atoms with Crippen molar-refractivity contribution in [3.63, 3.8) is 0 Å². The molecule has 0 radical (unpaired) electrons. The molecule has 0 aliphatic rings. The molecule has 0 fully saturated rings. The number of carbonyl (C=O) groups excluding carboxylic acids is 2. The third-order valence-electron chi connectivity index (χ3n) is 2.27. The molecule has 6 heteroatoms. The van der Waals surface area contributed by atoms with Gasteiger partial charge in [-0.3, -0.25) is 9.78 Å². The largest absolute Gasteiger partial charge is 0.369 e. The Morgan fingerprint density at radius 2 is 1.80 bits per heavy atom. The Morgan fingerprint density at radius 1 is 1.27 bits per heavy atom. The minimum absolute atomic E-state index is 0.0773. The van der Waals surface area contributed by atoms with Crippen LogP contribution in [0.3, 0.4) is 0 Å². The fourth-order valence-corrected chi connectivity index (χ4v) is 0.914. The zero-order chi connectivity index (χ0) is 12.1. The van der Waals surface area contributed by atoms with E-state index >= 15 is 0 Å². The average Bonchev–Trinajstić information content (AvgIpc) is 2.24. The fraction of sp³-hybridized carbons (Fsp3) is 0.556. The van der Waals surface area contributed by atoms with Gasteiger partial charge in [-0.25, -0.2) is 9.59 Å². The van der Waals surface area contributed by atoms with Gasteiger partial charge < -0.3 is 0 Å². The molecule has 0 saturated heterocycles. The van der Waals surface area contributed by atoms with Crippen molar-refractivity contribution in [2.45, 2.75) is 27.2 Å². The van der Waals surface area contributed by atoms with Gasteiger partial charge in [-0.05, 0) is 11.8 Å². The molecule has 0 amide bonds. The molecule has 2 N–H and O–H groups in total. The van der Waals surface area contributed by atoms with Crippen LogP contribution in [0.15, 0.2) is 11.6 Å². The summed E-state index contributed by atoms with van der Waals surface area (Å²) >= 11 is 0. The number of carbonyl (C=O) groups is 2. The molecule has 0 saturated carbocycles. The molecular formula is C9H14O6. The number of rotatable bonds is 4. The molecule has 0 heterocycles. The van der Waals surface area contributed by atoms with Gasteiger partial charge in [-0.2, -0.15) is 10.5 Å². The van der Waals surface area contributed by atoms with Crippen molar-refractivity contribution in [1.29, 1.82) is 0 Å². The molecule has 0 bridgehead atoms. The first-order chi connectivity index (χ1) is 6.88. The fourth-order valence-electron chi connectivity index (χ4n) is 0.914. The second kappa shape index (κ2) is 5.47. The summed E-state index contributed by atoms with van der Waals surface area (Å²) in [4.78, 5) is 28.9. The molecule has 0 spiro atoms. The van der Waals surface area contributed by atoms with Crippen molar-refractivity contribution in [2.24, 2.45) is 5.41 Å². The molecule has 0 atom stereocenters. The van der Waals surface area contributed by atoms with Gasteiger partial charge in [0.2, 0.25) is 0 Å². The predicted molar refractivity (Wildman–Crippen MR) is 49.6 cm³/mol. The highest BCUT2D eigenvalue weighted by Crippen LogP contribution is 2.30. The van der Waals surface area contributed by atoms with Gasteiger partial charge in [-0.15, -0.1) is 0 Å². The zero-order valence-corrected chi connectivity index (χ0v) is 8.81. The molecule has 6 nitrogen and oxygen atoms in total. The lowest BCUT2D eigenvalue weighted by Gasteiger charge is -2.23. The Balaban J connectivity index is 5.15. The lowest BCUT2D eigenvalue weighted by Crippen LogP contribution is -2.23. The standard InChI is InChI=1S/C9H14O6/c1-4-9(2,3)6(8(11)15-13)5-7(10)14-12/h5,12-13H,4H2,1-3H3/b6-5+. The monoisotopic (exact) mass is 218 g/mol. The Kier molecular flexibility index (Phi) is 4.96. The van der Waals surface area contributed by atoms with Crippen molar-refractivity contribution < 1.29 is 29.9 Å². The van der Waals surface area contributed by atoms with E-state index in [0.29, 0.717) is 6.42 Å². The molecule has 0 aromatic heterocycles. The Bertz CT molecular complexity index is 278. The molecule has 0 aromatic carbocycles. The summed E-state index contributed by atoms with van der Waals surface area (Å²) in [5.74, 6) is -2.15. The van der Waals surface area contributed by atoms with Crippen LogP contribution in [-0.2, 0) is 19.4 Å². The van der Waals surface area contributed by atoms with Gasteiger partial charge in [-0.1, -0.05) is 20.8 Å². The maximum absolute atomic E-state index is 11.1. The minimum atomic E-state index is -1.10. The van der Waals surface area contributed by atoms with Gasteiger partial charge in [0.25, 0.3) is 0 Å². The van der Waals surface area contributed by atoms with Crippen molar-refractivity contribution in [3.05, 3.63) is 11.6 Å². The molecule has 86 valence electrons. The van der Waals surface area contributed by atoms with Crippen LogP contribution in [-0.4, -0.2) is 22.5 Å². The summed E-state index contributed by atoms with van der Waals surface area (Å²) in [6.45, 7) is 5.16. The van der Waals surface area contributed by atoms with E-state index in [1.54, 1.807) is 20.8 Å². The predicted octanol–water partition coefficient (Wildman–Crippen LogP) is 1.38. The maximum Gasteiger partial charge on any atom is 0.369 e. The van der Waals surface area contributed by atoms with E-state index in [4.69, 9.17) is 10.5 Å². The third-order valence-corrected chi connectivity index (χ3v) is 2.27. The Labute approximate surface area is 87.0 Å². The van der Waals surface area contributed by atoms with Gasteiger partial charge in [0, 0.05) is 6.08 Å². The van der Waals surface area contributed by atoms with Crippen molar-refractivity contribution in [3.8, 4) is 0 Å². The third kappa shape index (κ3) is 3.69. The highest BCUT2D eigenvalue weighted by atomic mass is 17.1. The van der Waals surface area contributed by atoms with Crippen LogP contribution in [0.5, 0.6) is 0 Å². The topological polar surface area (TPSA) is 93.1 Å². The first kappa shape index (κ1) is 13.6. The highest BCUT2D eigenvalue weighted by molar-refractivity contribution is 5.96. The highest BCUT2D eigenvalue weighted by Gasteiger charge is 2.29. The van der Waals surface area contributed by atoms with Crippen molar-refractivity contribution in [2.75, 3.05) is 0 Å². The second-order valence-electron chi connectivity index (χ2n) is 3.58. The lowest BCUT2D eigenvalue weighted by atomic mass is 9.81. The van der Waals surface area contributed by atoms with E-state index in [1.807, 2.05) is 0 Å². The maximum atomic E-state index is 11.1. The van der Waals surface area contributed by atoms with Crippen LogP contribution in [0.4, 0.5) is 0 Å². The summed E-state index contributed by atoms with van der Waals surface area (Å²) in [7, 11) is 0. The van der Waals surface area contributed by atoms with Gasteiger partial charge in [0.1, 0.15) is 0 Å². The van der Waals surface area contributed by atoms with Crippen LogP contribution < -0.4 is 0 Å². The minimum Gasteiger partial charge on any atom is -0.296 e. The summed E-state index contributed by atoms with van der Waals surface area (Å²) in [5.41, 5.74) is -0.750. The van der Waals surface area contributed by atoms with E-state index in [9.17, 15) is 9.59 Å². The van der Waals surface area contributed by atoms with E-state index < -0.39 is 17.4 Å². The molecule has 0 aromatic rings. The molecule has 0 aliphatic heterocycles. The molecule has 0 rings (SSSR count). The smallest absolute Gasteiger partial charge is 0.296 e. The number of hydrogen-bond donors (Lipinski definition) is 2. The van der Waals surface area contributed by atoms with Crippen LogP contribution in [0.2, 0.25) is 0 Å². The van der Waals surface area contributed by atoms with Crippen molar-refractivity contribution in [1.82, 2.24) is 0 Å². The SMILES string of the molecule is CCC(C)(C)/C(=C/C(=O)OO)C(=O)OO. The van der Waals surface area contributed by atoms with Crippen LogP contribution >= 0.6 is 0 Å². The van der Waals surface area contributed by atoms with Gasteiger partial charge >= 0.3 is 11.9 Å². The Morgan fingerprint density at radius 3 is 2.13 bits per heavy atom. The molecule has 0 aliphatic carbocycles.